The van der Waals surface area contributed by atoms with E-state index in [9.17, 15) is 0 Å². The van der Waals surface area contributed by atoms with Crippen LogP contribution in [-0.2, 0) is 5.75 Å². The third-order valence-electron chi connectivity index (χ3n) is 3.61. The van der Waals surface area contributed by atoms with E-state index in [1.54, 1.807) is 0 Å². The van der Waals surface area contributed by atoms with Gasteiger partial charge in [0, 0.05) is 16.9 Å². The van der Waals surface area contributed by atoms with Crippen LogP contribution in [0.5, 0.6) is 0 Å². The molecule has 1 unspecified atom stereocenters. The van der Waals surface area contributed by atoms with Crippen LogP contribution in [-0.4, -0.2) is 15.2 Å². The third-order valence-corrected chi connectivity index (χ3v) is 5.13. The van der Waals surface area contributed by atoms with E-state index in [0.717, 1.165) is 17.3 Å². The highest BCUT2D eigenvalue weighted by Gasteiger charge is 2.19. The van der Waals surface area contributed by atoms with E-state index in [4.69, 9.17) is 16.6 Å². The Morgan fingerprint density at radius 3 is 2.78 bits per heavy atom. The minimum atomic E-state index is 0.603. The molecule has 1 fully saturated rings. The molecule has 1 aliphatic rings. The van der Waals surface area contributed by atoms with Crippen LogP contribution in [0.1, 0.15) is 63.4 Å². The van der Waals surface area contributed by atoms with Crippen LogP contribution in [0.15, 0.2) is 6.07 Å². The Balaban J connectivity index is 2.06. The topological polar surface area (TPSA) is 25.8 Å². The quantitative estimate of drug-likeness (QED) is 0.725. The fraction of sp³-hybridized carbons (Fsp3) is 0.714. The lowest BCUT2D eigenvalue weighted by atomic mass is 10.0. The van der Waals surface area contributed by atoms with Crippen molar-refractivity contribution >= 4 is 23.4 Å². The summed E-state index contributed by atoms with van der Waals surface area (Å²) in [5.41, 5.74) is 1.16. The molecule has 1 aliphatic carbocycles. The van der Waals surface area contributed by atoms with Gasteiger partial charge >= 0.3 is 0 Å². The lowest BCUT2D eigenvalue weighted by Crippen LogP contribution is -2.04. The zero-order valence-electron chi connectivity index (χ0n) is 11.2. The minimum absolute atomic E-state index is 0.603. The second-order valence-electron chi connectivity index (χ2n) is 5.04. The Morgan fingerprint density at radius 1 is 1.39 bits per heavy atom. The van der Waals surface area contributed by atoms with Gasteiger partial charge in [-0.15, -0.1) is 0 Å². The highest BCUT2D eigenvalue weighted by atomic mass is 35.5. The molecule has 0 amide bonds. The average molecular weight is 285 g/mol. The molecular weight excluding hydrogens is 264 g/mol. The number of thioether (sulfide) groups is 1. The Hall–Kier alpha value is -0.280. The first-order valence-corrected chi connectivity index (χ1v) is 8.26. The first-order valence-electron chi connectivity index (χ1n) is 6.84. The van der Waals surface area contributed by atoms with Crippen molar-refractivity contribution in [2.45, 2.75) is 62.9 Å². The molecule has 0 saturated heterocycles. The average Bonchev–Trinajstić information content (AvgIpc) is 2.89. The first kappa shape index (κ1) is 14.1. The monoisotopic (exact) mass is 284 g/mol. The summed E-state index contributed by atoms with van der Waals surface area (Å²) in [4.78, 5) is 9.05. The highest BCUT2D eigenvalue weighted by Crippen LogP contribution is 2.34. The SMILES string of the molecule is CCC(C)SCc1nc(Cl)cc(C2CCCC2)n1. The smallest absolute Gasteiger partial charge is 0.140 e. The number of rotatable bonds is 5. The van der Waals surface area contributed by atoms with Crippen molar-refractivity contribution in [1.29, 1.82) is 0 Å². The van der Waals surface area contributed by atoms with Gasteiger partial charge in [-0.3, -0.25) is 0 Å². The molecule has 1 heterocycles. The molecule has 100 valence electrons. The van der Waals surface area contributed by atoms with Crippen LogP contribution in [0.25, 0.3) is 0 Å². The van der Waals surface area contributed by atoms with Crippen molar-refractivity contribution in [3.63, 3.8) is 0 Å². The van der Waals surface area contributed by atoms with E-state index in [1.807, 2.05) is 17.8 Å². The molecule has 2 nitrogen and oxygen atoms in total. The zero-order chi connectivity index (χ0) is 13.0. The molecule has 0 radical (unpaired) electrons. The fourth-order valence-electron chi connectivity index (χ4n) is 2.31. The Morgan fingerprint density at radius 2 is 2.11 bits per heavy atom. The van der Waals surface area contributed by atoms with Gasteiger partial charge in [0.1, 0.15) is 11.0 Å². The summed E-state index contributed by atoms with van der Waals surface area (Å²) in [5, 5.41) is 1.26. The molecule has 1 atom stereocenters. The summed E-state index contributed by atoms with van der Waals surface area (Å²) < 4.78 is 0. The van der Waals surface area contributed by atoms with Crippen molar-refractivity contribution in [3.8, 4) is 0 Å². The first-order chi connectivity index (χ1) is 8.69. The van der Waals surface area contributed by atoms with Gasteiger partial charge in [-0.25, -0.2) is 9.97 Å². The maximum Gasteiger partial charge on any atom is 0.140 e. The van der Waals surface area contributed by atoms with Crippen molar-refractivity contribution < 1.29 is 0 Å². The minimum Gasteiger partial charge on any atom is -0.237 e. The number of hydrogen-bond donors (Lipinski definition) is 0. The van der Waals surface area contributed by atoms with Crippen molar-refractivity contribution in [3.05, 3.63) is 22.7 Å². The highest BCUT2D eigenvalue weighted by molar-refractivity contribution is 7.99. The van der Waals surface area contributed by atoms with Crippen LogP contribution in [0, 0.1) is 0 Å². The van der Waals surface area contributed by atoms with E-state index in [2.05, 4.69) is 18.8 Å². The molecule has 0 aromatic carbocycles. The van der Waals surface area contributed by atoms with Crippen LogP contribution in [0.3, 0.4) is 0 Å². The van der Waals surface area contributed by atoms with Gasteiger partial charge in [-0.05, 0) is 25.3 Å². The maximum absolute atomic E-state index is 6.12. The van der Waals surface area contributed by atoms with Crippen LogP contribution in [0.2, 0.25) is 5.15 Å². The second-order valence-corrected chi connectivity index (χ2v) is 6.86. The van der Waals surface area contributed by atoms with E-state index in [0.29, 0.717) is 16.3 Å². The van der Waals surface area contributed by atoms with Gasteiger partial charge < -0.3 is 0 Å². The molecule has 1 aromatic rings. The van der Waals surface area contributed by atoms with E-state index in [-0.39, 0.29) is 0 Å². The Kier molecular flexibility index (Phi) is 5.31. The van der Waals surface area contributed by atoms with Crippen LogP contribution < -0.4 is 0 Å². The van der Waals surface area contributed by atoms with E-state index >= 15 is 0 Å². The van der Waals surface area contributed by atoms with Gasteiger partial charge in [-0.1, -0.05) is 38.3 Å². The molecule has 18 heavy (non-hydrogen) atoms. The van der Waals surface area contributed by atoms with Crippen LogP contribution >= 0.6 is 23.4 Å². The molecule has 0 bridgehead atoms. The molecule has 0 spiro atoms. The summed E-state index contributed by atoms with van der Waals surface area (Å²) in [6.07, 6.45) is 6.34. The molecule has 1 aromatic heterocycles. The number of aromatic nitrogens is 2. The third kappa shape index (κ3) is 3.86. The molecule has 2 rings (SSSR count). The predicted molar refractivity (Wildman–Crippen MR) is 79.3 cm³/mol. The summed E-state index contributed by atoms with van der Waals surface area (Å²) in [7, 11) is 0. The lowest BCUT2D eigenvalue weighted by molar-refractivity contribution is 0.688. The summed E-state index contributed by atoms with van der Waals surface area (Å²) in [6, 6.07) is 1.95. The van der Waals surface area contributed by atoms with Crippen molar-refractivity contribution in [2.75, 3.05) is 0 Å². The van der Waals surface area contributed by atoms with Crippen LogP contribution in [0.4, 0.5) is 0 Å². The normalized spacial score (nSPS) is 18.2. The summed E-state index contributed by atoms with van der Waals surface area (Å²) in [6.45, 7) is 4.45. The summed E-state index contributed by atoms with van der Waals surface area (Å²) >= 11 is 8.02. The van der Waals surface area contributed by atoms with Gasteiger partial charge in [0.2, 0.25) is 0 Å². The Bertz CT molecular complexity index is 391. The second kappa shape index (κ2) is 6.76. The maximum atomic E-state index is 6.12. The van der Waals surface area contributed by atoms with E-state index < -0.39 is 0 Å². The van der Waals surface area contributed by atoms with Gasteiger partial charge in [0.15, 0.2) is 0 Å². The number of nitrogens with zero attached hydrogens (tertiary/aromatic N) is 2. The predicted octanol–water partition coefficient (Wildman–Crippen LogP) is 4.82. The van der Waals surface area contributed by atoms with E-state index in [1.165, 1.54) is 32.1 Å². The largest absolute Gasteiger partial charge is 0.237 e. The fourth-order valence-corrected chi connectivity index (χ4v) is 3.32. The molecular formula is C14H21ClN2S. The van der Waals surface area contributed by atoms with Crippen molar-refractivity contribution in [2.24, 2.45) is 0 Å². The molecule has 0 aliphatic heterocycles. The van der Waals surface area contributed by atoms with Crippen molar-refractivity contribution in [1.82, 2.24) is 9.97 Å². The summed E-state index contributed by atoms with van der Waals surface area (Å²) in [5.74, 6) is 2.38. The standard InChI is InChI=1S/C14H21ClN2S/c1-3-10(2)18-9-14-16-12(8-13(15)17-14)11-6-4-5-7-11/h8,10-11H,3-7,9H2,1-2H3. The van der Waals surface area contributed by atoms with Gasteiger partial charge in [0.05, 0.1) is 5.75 Å². The molecule has 0 N–H and O–H groups in total. The molecule has 1 saturated carbocycles. The lowest BCUT2D eigenvalue weighted by Gasteiger charge is -2.11. The number of hydrogen-bond acceptors (Lipinski definition) is 3. The molecule has 4 heteroatoms. The Labute approximate surface area is 119 Å². The van der Waals surface area contributed by atoms with Gasteiger partial charge in [-0.2, -0.15) is 11.8 Å². The zero-order valence-corrected chi connectivity index (χ0v) is 12.7. The number of halogens is 1. The van der Waals surface area contributed by atoms with Gasteiger partial charge in [0.25, 0.3) is 0 Å².